The minimum atomic E-state index is -3.83. The summed E-state index contributed by atoms with van der Waals surface area (Å²) in [5, 5.41) is 5.10. The lowest BCUT2D eigenvalue weighted by Gasteiger charge is -2.16. The lowest BCUT2D eigenvalue weighted by molar-refractivity contribution is 0.102. The summed E-state index contributed by atoms with van der Waals surface area (Å²) < 4.78 is 36.5. The molecule has 182 valence electrons. The molecule has 3 aromatic carbocycles. The quantitative estimate of drug-likeness (QED) is 0.367. The molecule has 0 bridgehead atoms. The smallest absolute Gasteiger partial charge is 0.255 e. The Hall–Kier alpha value is -3.36. The van der Waals surface area contributed by atoms with E-state index in [0.29, 0.717) is 5.69 Å². The van der Waals surface area contributed by atoms with E-state index in [9.17, 15) is 13.2 Å². The van der Waals surface area contributed by atoms with Crippen LogP contribution in [-0.4, -0.2) is 32.0 Å². The molecule has 0 unspecified atom stereocenters. The van der Waals surface area contributed by atoms with E-state index in [-0.39, 0.29) is 28.2 Å². The maximum Gasteiger partial charge on any atom is 0.255 e. The van der Waals surface area contributed by atoms with E-state index >= 15 is 0 Å². The summed E-state index contributed by atoms with van der Waals surface area (Å²) in [7, 11) is -2.40. The first-order valence-electron chi connectivity index (χ1n) is 11.9. The van der Waals surface area contributed by atoms with Crippen LogP contribution in [0.3, 0.4) is 0 Å². The van der Waals surface area contributed by atoms with Crippen molar-refractivity contribution in [3.8, 4) is 5.75 Å². The van der Waals surface area contributed by atoms with E-state index < -0.39 is 10.0 Å². The molecule has 0 spiro atoms. The third kappa shape index (κ3) is 4.39. The fourth-order valence-electron chi connectivity index (χ4n) is 5.03. The van der Waals surface area contributed by atoms with Crippen LogP contribution in [0.4, 0.5) is 5.69 Å². The second kappa shape index (κ2) is 9.36. The van der Waals surface area contributed by atoms with Gasteiger partial charge in [-0.25, -0.2) is 13.1 Å². The number of rotatable bonds is 7. The van der Waals surface area contributed by atoms with Gasteiger partial charge in [0.15, 0.2) is 0 Å². The number of hydrogen-bond donors (Lipinski definition) is 2. The van der Waals surface area contributed by atoms with Gasteiger partial charge in [0.05, 0.1) is 7.11 Å². The fourth-order valence-corrected chi connectivity index (χ4v) is 6.53. The number of aryl methyl sites for hydroxylation is 1. The first-order valence-corrected chi connectivity index (χ1v) is 13.4. The normalized spacial score (nSPS) is 14.6. The summed E-state index contributed by atoms with van der Waals surface area (Å²) >= 11 is 0. The van der Waals surface area contributed by atoms with Gasteiger partial charge >= 0.3 is 0 Å². The number of benzene rings is 3. The van der Waals surface area contributed by atoms with Crippen LogP contribution in [0.15, 0.2) is 65.6 Å². The molecule has 0 atom stereocenters. The maximum absolute atomic E-state index is 13.1. The van der Waals surface area contributed by atoms with Crippen molar-refractivity contribution < 1.29 is 17.9 Å². The first-order chi connectivity index (χ1) is 16.9. The van der Waals surface area contributed by atoms with E-state index in [2.05, 4.69) is 33.7 Å². The molecule has 1 heterocycles. The SMILES string of the molecule is CCn1c2ccccc2c2cc(NC(=O)c3ccc(OC)c(S(=O)(=O)NC4CCCC4)c3)ccc21. The Bertz CT molecular complexity index is 1520. The molecule has 1 aromatic heterocycles. The molecule has 0 saturated heterocycles. The number of carbonyl (C=O) groups is 1. The Kier molecular flexibility index (Phi) is 6.25. The number of nitrogens with zero attached hydrogens (tertiary/aromatic N) is 1. The van der Waals surface area contributed by atoms with E-state index in [4.69, 9.17) is 4.74 Å². The van der Waals surface area contributed by atoms with Gasteiger partial charge < -0.3 is 14.6 Å². The van der Waals surface area contributed by atoms with Gasteiger partial charge in [0.25, 0.3) is 5.91 Å². The van der Waals surface area contributed by atoms with E-state index in [1.54, 1.807) is 6.07 Å². The van der Waals surface area contributed by atoms with Crippen molar-refractivity contribution in [2.24, 2.45) is 0 Å². The zero-order valence-electron chi connectivity index (χ0n) is 19.9. The molecule has 1 saturated carbocycles. The van der Waals surface area contributed by atoms with Gasteiger partial charge in [-0.1, -0.05) is 31.0 Å². The predicted octanol–water partition coefficient (Wildman–Crippen LogP) is 5.30. The molecule has 4 aromatic rings. The molecule has 8 heteroatoms. The molecular weight excluding hydrogens is 462 g/mol. The van der Waals surface area contributed by atoms with Crippen LogP contribution < -0.4 is 14.8 Å². The lowest BCUT2D eigenvalue weighted by atomic mass is 10.1. The molecule has 1 aliphatic carbocycles. The number of amides is 1. The highest BCUT2D eigenvalue weighted by atomic mass is 32.2. The second-order valence-electron chi connectivity index (χ2n) is 8.92. The van der Waals surface area contributed by atoms with Gasteiger partial charge in [0.2, 0.25) is 10.0 Å². The van der Waals surface area contributed by atoms with Gasteiger partial charge in [-0.15, -0.1) is 0 Å². The molecule has 7 nitrogen and oxygen atoms in total. The average Bonchev–Trinajstić information content (AvgIpc) is 3.48. The molecule has 0 aliphatic heterocycles. The molecule has 1 fully saturated rings. The number of fused-ring (bicyclic) bond motifs is 3. The Morgan fingerprint density at radius 3 is 2.49 bits per heavy atom. The summed E-state index contributed by atoms with van der Waals surface area (Å²) in [6.45, 7) is 2.95. The topological polar surface area (TPSA) is 89.4 Å². The number of aromatic nitrogens is 1. The van der Waals surface area contributed by atoms with Crippen molar-refractivity contribution in [3.63, 3.8) is 0 Å². The summed E-state index contributed by atoms with van der Waals surface area (Å²) in [5.74, 6) is -0.176. The van der Waals surface area contributed by atoms with Gasteiger partial charge in [0, 0.05) is 45.6 Å². The summed E-state index contributed by atoms with van der Waals surface area (Å²) in [5.41, 5.74) is 3.13. The minimum Gasteiger partial charge on any atom is -0.495 e. The van der Waals surface area contributed by atoms with Crippen molar-refractivity contribution >= 4 is 43.4 Å². The van der Waals surface area contributed by atoms with Gasteiger partial charge in [-0.3, -0.25) is 4.79 Å². The standard InChI is InChI=1S/C27H29N3O4S/c1-3-30-23-11-7-6-10-21(23)22-17-20(13-14-24(22)30)28-27(31)18-12-15-25(34-2)26(16-18)35(32,33)29-19-8-4-5-9-19/h6-7,10-17,19,29H,3-5,8-9H2,1-2H3,(H,28,31). The van der Waals surface area contributed by atoms with Crippen molar-refractivity contribution in [2.75, 3.05) is 12.4 Å². The fraction of sp³-hybridized carbons (Fsp3) is 0.296. The van der Waals surface area contributed by atoms with Gasteiger partial charge in [-0.05, 0) is 62.2 Å². The maximum atomic E-state index is 13.1. The lowest BCUT2D eigenvalue weighted by Crippen LogP contribution is -2.33. The number of ether oxygens (including phenoxy) is 1. The van der Waals surface area contributed by atoms with E-state index in [1.165, 1.54) is 19.2 Å². The molecule has 5 rings (SSSR count). The summed E-state index contributed by atoms with van der Waals surface area (Å²) in [4.78, 5) is 13.1. The number of methoxy groups -OCH3 is 1. The summed E-state index contributed by atoms with van der Waals surface area (Å²) in [6, 6.07) is 18.4. The van der Waals surface area contributed by atoms with Crippen LogP contribution in [0.2, 0.25) is 0 Å². The molecule has 0 radical (unpaired) electrons. The van der Waals surface area contributed by atoms with Gasteiger partial charge in [0.1, 0.15) is 10.6 Å². The van der Waals surface area contributed by atoms with E-state index in [0.717, 1.165) is 54.0 Å². The molecule has 1 aliphatic rings. The highest BCUT2D eigenvalue weighted by molar-refractivity contribution is 7.89. The van der Waals surface area contributed by atoms with Crippen molar-refractivity contribution in [2.45, 2.75) is 50.1 Å². The van der Waals surface area contributed by atoms with Crippen molar-refractivity contribution in [3.05, 3.63) is 66.2 Å². The first kappa shape index (κ1) is 23.4. The van der Waals surface area contributed by atoms with Crippen LogP contribution in [0.5, 0.6) is 5.75 Å². The molecule has 1 amide bonds. The Morgan fingerprint density at radius 2 is 1.74 bits per heavy atom. The number of nitrogens with one attached hydrogen (secondary N) is 2. The monoisotopic (exact) mass is 491 g/mol. The number of anilines is 1. The van der Waals surface area contributed by atoms with Crippen LogP contribution in [0.1, 0.15) is 43.0 Å². The highest BCUT2D eigenvalue weighted by Gasteiger charge is 2.26. The molecule has 2 N–H and O–H groups in total. The molecular formula is C27H29N3O4S. The predicted molar refractivity (Wildman–Crippen MR) is 139 cm³/mol. The number of sulfonamides is 1. The Balaban J connectivity index is 1.46. The van der Waals surface area contributed by atoms with E-state index in [1.807, 2.05) is 30.3 Å². The largest absolute Gasteiger partial charge is 0.495 e. The summed E-state index contributed by atoms with van der Waals surface area (Å²) in [6.07, 6.45) is 3.65. The number of hydrogen-bond acceptors (Lipinski definition) is 4. The molecule has 35 heavy (non-hydrogen) atoms. The Labute approximate surface area is 205 Å². The van der Waals surface area contributed by atoms with Crippen molar-refractivity contribution in [1.82, 2.24) is 9.29 Å². The third-order valence-electron chi connectivity index (χ3n) is 6.74. The van der Waals surface area contributed by atoms with Gasteiger partial charge in [-0.2, -0.15) is 0 Å². The third-order valence-corrected chi connectivity index (χ3v) is 8.28. The minimum absolute atomic E-state index is 0.0268. The van der Waals surface area contributed by atoms with Crippen LogP contribution in [0, 0.1) is 0 Å². The average molecular weight is 492 g/mol. The number of para-hydroxylation sites is 1. The van der Waals surface area contributed by atoms with Crippen molar-refractivity contribution in [1.29, 1.82) is 0 Å². The second-order valence-corrected chi connectivity index (χ2v) is 10.6. The van der Waals surface area contributed by atoms with Crippen LogP contribution >= 0.6 is 0 Å². The van der Waals surface area contributed by atoms with Crippen LogP contribution in [-0.2, 0) is 16.6 Å². The highest BCUT2D eigenvalue weighted by Crippen LogP contribution is 2.32. The number of carbonyl (C=O) groups excluding carboxylic acids is 1. The van der Waals surface area contributed by atoms with Crippen LogP contribution in [0.25, 0.3) is 21.8 Å². The Morgan fingerprint density at radius 1 is 1.00 bits per heavy atom. The zero-order chi connectivity index (χ0) is 24.6. The zero-order valence-corrected chi connectivity index (χ0v) is 20.7.